The second-order valence-electron chi connectivity index (χ2n) is 5.17. The fourth-order valence-electron chi connectivity index (χ4n) is 2.63. The first-order valence-corrected chi connectivity index (χ1v) is 7.15. The Morgan fingerprint density at radius 3 is 2.79 bits per heavy atom. The molecular weight excluding hydrogens is 330 g/mol. The van der Waals surface area contributed by atoms with E-state index in [4.69, 9.17) is 5.73 Å². The van der Waals surface area contributed by atoms with Crippen molar-refractivity contribution in [3.8, 4) is 0 Å². The zero-order chi connectivity index (χ0) is 13.3. The zero-order valence-corrected chi connectivity index (χ0v) is 13.7. The predicted molar refractivity (Wildman–Crippen MR) is 82.6 cm³/mol. The Hall–Kier alpha value is -0.520. The highest BCUT2D eigenvalue weighted by atomic mass is 79.9. The number of amides is 1. The largest absolute Gasteiger partial charge is 0.345 e. The number of rotatable bonds is 2. The second-order valence-corrected chi connectivity index (χ2v) is 6.09. The van der Waals surface area contributed by atoms with Crippen molar-refractivity contribution in [2.45, 2.75) is 25.8 Å². The Bertz CT molecular complexity index is 449. The molecule has 4 nitrogen and oxygen atoms in total. The first-order valence-electron chi connectivity index (χ1n) is 6.35. The van der Waals surface area contributed by atoms with E-state index in [-0.39, 0.29) is 24.4 Å². The van der Waals surface area contributed by atoms with Gasteiger partial charge < -0.3 is 15.2 Å². The van der Waals surface area contributed by atoms with Gasteiger partial charge in [0.2, 0.25) is 0 Å². The normalized spacial score (nSPS) is 23.1. The van der Waals surface area contributed by atoms with Crippen molar-refractivity contribution in [1.82, 2.24) is 9.47 Å². The van der Waals surface area contributed by atoms with Crippen LogP contribution in [0.2, 0.25) is 0 Å². The number of carbonyl (C=O) groups is 1. The monoisotopic (exact) mass is 349 g/mol. The van der Waals surface area contributed by atoms with Gasteiger partial charge in [0.25, 0.3) is 5.91 Å². The maximum Gasteiger partial charge on any atom is 0.270 e. The molecular formula is C13H21BrClN3O. The molecule has 2 N–H and O–H groups in total. The molecule has 108 valence electrons. The Kier molecular flexibility index (Phi) is 5.89. The van der Waals surface area contributed by atoms with Crippen LogP contribution in [-0.2, 0) is 7.05 Å². The molecule has 0 aromatic carbocycles. The Morgan fingerprint density at radius 1 is 1.58 bits per heavy atom. The lowest BCUT2D eigenvalue weighted by molar-refractivity contribution is 0.0564. The minimum atomic E-state index is 0. The molecule has 19 heavy (non-hydrogen) atoms. The molecule has 1 fully saturated rings. The van der Waals surface area contributed by atoms with Crippen LogP contribution in [0.1, 0.15) is 30.3 Å². The summed E-state index contributed by atoms with van der Waals surface area (Å²) in [6, 6.07) is 2.04. The van der Waals surface area contributed by atoms with Crippen molar-refractivity contribution in [2.24, 2.45) is 18.7 Å². The number of hydrogen-bond donors (Lipinski definition) is 1. The number of aryl methyl sites for hydroxylation is 1. The average molecular weight is 351 g/mol. The number of nitrogens with two attached hydrogens (primary N) is 1. The van der Waals surface area contributed by atoms with E-state index in [2.05, 4.69) is 22.9 Å². The van der Waals surface area contributed by atoms with Crippen molar-refractivity contribution < 1.29 is 4.79 Å². The van der Waals surface area contributed by atoms with Crippen LogP contribution in [0.25, 0.3) is 0 Å². The van der Waals surface area contributed by atoms with Crippen LogP contribution in [0, 0.1) is 5.92 Å². The molecule has 0 saturated carbocycles. The van der Waals surface area contributed by atoms with Gasteiger partial charge in [-0.3, -0.25) is 4.79 Å². The molecule has 0 bridgehead atoms. The van der Waals surface area contributed by atoms with Crippen molar-refractivity contribution in [3.05, 3.63) is 22.4 Å². The Labute approximate surface area is 128 Å². The van der Waals surface area contributed by atoms with E-state index in [0.717, 1.165) is 29.6 Å². The molecule has 2 atom stereocenters. The quantitative estimate of drug-likeness (QED) is 0.890. The minimum absolute atomic E-state index is 0. The summed E-state index contributed by atoms with van der Waals surface area (Å²) >= 11 is 3.40. The van der Waals surface area contributed by atoms with E-state index in [1.165, 1.54) is 0 Å². The number of carbonyl (C=O) groups excluding carboxylic acids is 1. The molecule has 2 heterocycles. The van der Waals surface area contributed by atoms with Crippen molar-refractivity contribution >= 4 is 34.2 Å². The van der Waals surface area contributed by atoms with Gasteiger partial charge in [-0.15, -0.1) is 12.4 Å². The summed E-state index contributed by atoms with van der Waals surface area (Å²) in [5, 5.41) is 0. The topological polar surface area (TPSA) is 51.3 Å². The molecule has 1 aliphatic heterocycles. The van der Waals surface area contributed by atoms with E-state index in [0.29, 0.717) is 12.5 Å². The van der Waals surface area contributed by atoms with Crippen molar-refractivity contribution in [1.29, 1.82) is 0 Å². The van der Waals surface area contributed by atoms with E-state index < -0.39 is 0 Å². The fourth-order valence-corrected chi connectivity index (χ4v) is 3.15. The third-order valence-corrected chi connectivity index (χ3v) is 4.14. The van der Waals surface area contributed by atoms with Gasteiger partial charge in [0.15, 0.2) is 0 Å². The molecule has 1 aromatic heterocycles. The molecule has 1 saturated heterocycles. The third kappa shape index (κ3) is 3.52. The van der Waals surface area contributed by atoms with Gasteiger partial charge in [0.05, 0.1) is 0 Å². The fraction of sp³-hybridized carbons (Fsp3) is 0.615. The molecule has 0 aliphatic carbocycles. The Morgan fingerprint density at radius 2 is 2.26 bits per heavy atom. The number of nitrogens with zero attached hydrogens (tertiary/aromatic N) is 2. The van der Waals surface area contributed by atoms with E-state index in [1.807, 2.05) is 28.8 Å². The summed E-state index contributed by atoms with van der Waals surface area (Å²) in [5.41, 5.74) is 6.52. The number of piperidine rings is 1. The van der Waals surface area contributed by atoms with Gasteiger partial charge in [-0.1, -0.05) is 6.92 Å². The summed E-state index contributed by atoms with van der Waals surface area (Å²) in [4.78, 5) is 14.5. The highest BCUT2D eigenvalue weighted by molar-refractivity contribution is 9.10. The zero-order valence-electron chi connectivity index (χ0n) is 11.3. The lowest BCUT2D eigenvalue weighted by Gasteiger charge is -2.38. The van der Waals surface area contributed by atoms with Gasteiger partial charge in [-0.05, 0) is 40.8 Å². The average Bonchev–Trinajstić information content (AvgIpc) is 2.67. The summed E-state index contributed by atoms with van der Waals surface area (Å²) in [6.07, 6.45) is 3.97. The summed E-state index contributed by atoms with van der Waals surface area (Å²) in [5.74, 6) is 0.744. The maximum atomic E-state index is 12.5. The third-order valence-electron chi connectivity index (χ3n) is 3.70. The predicted octanol–water partition coefficient (Wildman–Crippen LogP) is 2.41. The molecule has 1 aromatic rings. The number of aromatic nitrogens is 1. The van der Waals surface area contributed by atoms with Gasteiger partial charge in [-0.25, -0.2) is 0 Å². The molecule has 0 radical (unpaired) electrons. The van der Waals surface area contributed by atoms with Crippen LogP contribution >= 0.6 is 28.3 Å². The summed E-state index contributed by atoms with van der Waals surface area (Å²) < 4.78 is 2.79. The van der Waals surface area contributed by atoms with Crippen LogP contribution in [-0.4, -0.2) is 34.5 Å². The molecule has 2 unspecified atom stereocenters. The van der Waals surface area contributed by atoms with E-state index in [9.17, 15) is 4.79 Å². The smallest absolute Gasteiger partial charge is 0.270 e. The number of hydrogen-bond acceptors (Lipinski definition) is 2. The van der Waals surface area contributed by atoms with Gasteiger partial charge in [0.1, 0.15) is 5.69 Å². The molecule has 2 rings (SSSR count). The molecule has 6 heteroatoms. The van der Waals surface area contributed by atoms with E-state index in [1.54, 1.807) is 0 Å². The second kappa shape index (κ2) is 6.77. The minimum Gasteiger partial charge on any atom is -0.345 e. The lowest BCUT2D eigenvalue weighted by Crippen LogP contribution is -2.49. The lowest BCUT2D eigenvalue weighted by atomic mass is 9.92. The SMILES string of the molecule is CC1CCN(C(=O)c2cc(Br)cn2C)C(CN)C1.Cl. The molecule has 0 spiro atoms. The summed E-state index contributed by atoms with van der Waals surface area (Å²) in [7, 11) is 1.89. The standard InChI is InChI=1S/C13H20BrN3O.ClH/c1-9-3-4-17(11(5-9)7-15)13(18)12-6-10(14)8-16(12)2;/h6,8-9,11H,3-5,7,15H2,1-2H3;1H. The van der Waals surface area contributed by atoms with E-state index >= 15 is 0 Å². The molecule has 1 aliphatic rings. The Balaban J connectivity index is 0.00000180. The highest BCUT2D eigenvalue weighted by Gasteiger charge is 2.30. The van der Waals surface area contributed by atoms with Gasteiger partial charge in [0, 0.05) is 36.8 Å². The first kappa shape index (κ1) is 16.5. The van der Waals surface area contributed by atoms with Crippen LogP contribution in [0.3, 0.4) is 0 Å². The van der Waals surface area contributed by atoms with Crippen LogP contribution in [0.15, 0.2) is 16.7 Å². The highest BCUT2D eigenvalue weighted by Crippen LogP contribution is 2.24. The van der Waals surface area contributed by atoms with Crippen LogP contribution in [0.4, 0.5) is 0 Å². The van der Waals surface area contributed by atoms with Crippen LogP contribution in [0.5, 0.6) is 0 Å². The maximum absolute atomic E-state index is 12.5. The summed E-state index contributed by atoms with van der Waals surface area (Å²) in [6.45, 7) is 3.58. The number of likely N-dealkylation sites (tertiary alicyclic amines) is 1. The van der Waals surface area contributed by atoms with Crippen molar-refractivity contribution in [3.63, 3.8) is 0 Å². The number of halogens is 2. The van der Waals surface area contributed by atoms with Crippen LogP contribution < -0.4 is 5.73 Å². The van der Waals surface area contributed by atoms with Gasteiger partial charge in [-0.2, -0.15) is 0 Å². The molecule has 1 amide bonds. The van der Waals surface area contributed by atoms with Crippen molar-refractivity contribution in [2.75, 3.05) is 13.1 Å². The van der Waals surface area contributed by atoms with Gasteiger partial charge >= 0.3 is 0 Å². The first-order chi connectivity index (χ1) is 8.52.